The van der Waals surface area contributed by atoms with Gasteiger partial charge >= 0.3 is 0 Å². The molecule has 0 unspecified atom stereocenters. The van der Waals surface area contributed by atoms with E-state index in [1.165, 1.54) is 25.7 Å². The zero-order valence-corrected chi connectivity index (χ0v) is 13.8. The Balaban J connectivity index is -0.000000172. The van der Waals surface area contributed by atoms with Crippen LogP contribution in [0.15, 0.2) is 0 Å². The summed E-state index contributed by atoms with van der Waals surface area (Å²) in [4.78, 5) is 2.27. The van der Waals surface area contributed by atoms with Gasteiger partial charge in [0.05, 0.1) is 13.2 Å². The number of morpholine rings is 1. The molecule has 0 N–H and O–H groups in total. The van der Waals surface area contributed by atoms with Crippen molar-refractivity contribution in [3.05, 3.63) is 0 Å². The van der Waals surface area contributed by atoms with Gasteiger partial charge in [-0.1, -0.05) is 39.5 Å². The van der Waals surface area contributed by atoms with Gasteiger partial charge < -0.3 is 9.64 Å². The third kappa shape index (κ3) is 17.5. The maximum Gasteiger partial charge on any atom is 0.0594 e. The number of hydrogen-bond acceptors (Lipinski definition) is 2. The third-order valence-corrected chi connectivity index (χ3v) is 2.19. The lowest BCUT2D eigenvalue weighted by Gasteiger charge is -2.21. The standard InChI is InChI=1S/C6H14.C5H11NO.2BrH/c1-3-5-6-4-2;1-6-2-4-7-5-3-6;;/h3-6H2,1-2H3;2-5H2,1H3;2*1H. The summed E-state index contributed by atoms with van der Waals surface area (Å²) in [6.45, 7) is 8.48. The van der Waals surface area contributed by atoms with E-state index in [2.05, 4.69) is 25.8 Å². The summed E-state index contributed by atoms with van der Waals surface area (Å²) in [5.74, 6) is 0. The molecule has 0 aromatic heterocycles. The summed E-state index contributed by atoms with van der Waals surface area (Å²) >= 11 is 0. The van der Waals surface area contributed by atoms with E-state index in [9.17, 15) is 0 Å². The lowest BCUT2D eigenvalue weighted by atomic mass is 10.2. The summed E-state index contributed by atoms with van der Waals surface area (Å²) < 4.78 is 5.10. The van der Waals surface area contributed by atoms with E-state index in [0.29, 0.717) is 0 Å². The van der Waals surface area contributed by atoms with Crippen molar-refractivity contribution in [2.45, 2.75) is 39.5 Å². The van der Waals surface area contributed by atoms with Crippen LogP contribution in [-0.4, -0.2) is 38.3 Å². The molecule has 1 aliphatic heterocycles. The van der Waals surface area contributed by atoms with E-state index >= 15 is 0 Å². The highest BCUT2D eigenvalue weighted by Crippen LogP contribution is 1.95. The van der Waals surface area contributed by atoms with E-state index in [0.717, 1.165) is 26.3 Å². The van der Waals surface area contributed by atoms with Crippen LogP contribution in [0.1, 0.15) is 39.5 Å². The maximum absolute atomic E-state index is 5.10. The molecule has 0 saturated carbocycles. The van der Waals surface area contributed by atoms with Gasteiger partial charge in [0.15, 0.2) is 0 Å². The zero-order valence-electron chi connectivity index (χ0n) is 10.3. The van der Waals surface area contributed by atoms with Crippen LogP contribution >= 0.6 is 34.0 Å². The van der Waals surface area contributed by atoms with Gasteiger partial charge in [0.1, 0.15) is 0 Å². The van der Waals surface area contributed by atoms with Crippen molar-refractivity contribution in [1.29, 1.82) is 0 Å². The van der Waals surface area contributed by atoms with Crippen molar-refractivity contribution in [2.75, 3.05) is 33.4 Å². The number of hydrogen-bond donors (Lipinski definition) is 0. The van der Waals surface area contributed by atoms with Gasteiger partial charge in [-0.3, -0.25) is 0 Å². The van der Waals surface area contributed by atoms with E-state index in [1.807, 2.05) is 0 Å². The second-order valence-corrected chi connectivity index (χ2v) is 3.62. The smallest absolute Gasteiger partial charge is 0.0594 e. The predicted molar refractivity (Wildman–Crippen MR) is 78.8 cm³/mol. The minimum absolute atomic E-state index is 0. The monoisotopic (exact) mass is 347 g/mol. The number of ether oxygens (including phenoxy) is 1. The maximum atomic E-state index is 5.10. The van der Waals surface area contributed by atoms with Gasteiger partial charge in [0.2, 0.25) is 0 Å². The summed E-state index contributed by atoms with van der Waals surface area (Å²) in [6, 6.07) is 0. The van der Waals surface area contributed by atoms with E-state index in [1.54, 1.807) is 0 Å². The van der Waals surface area contributed by atoms with Crippen LogP contribution in [0, 0.1) is 0 Å². The molecule has 4 heteroatoms. The summed E-state index contributed by atoms with van der Waals surface area (Å²) in [6.07, 6.45) is 5.54. The molecular weight excluding hydrogens is 322 g/mol. The van der Waals surface area contributed by atoms with Crippen molar-refractivity contribution in [3.63, 3.8) is 0 Å². The second kappa shape index (κ2) is 17.3. The highest BCUT2D eigenvalue weighted by molar-refractivity contribution is 8.93. The summed E-state index contributed by atoms with van der Waals surface area (Å²) in [7, 11) is 2.11. The first-order valence-electron chi connectivity index (χ1n) is 5.57. The highest BCUT2D eigenvalue weighted by atomic mass is 79.9. The number of unbranched alkanes of at least 4 members (excludes halogenated alkanes) is 3. The zero-order chi connectivity index (χ0) is 9.94. The van der Waals surface area contributed by atoms with Crippen LogP contribution in [0.4, 0.5) is 0 Å². The van der Waals surface area contributed by atoms with Gasteiger partial charge in [-0.2, -0.15) is 0 Å². The molecule has 1 aliphatic rings. The van der Waals surface area contributed by atoms with E-state index in [-0.39, 0.29) is 34.0 Å². The van der Waals surface area contributed by atoms with Crippen molar-refractivity contribution in [2.24, 2.45) is 0 Å². The van der Waals surface area contributed by atoms with Crippen LogP contribution in [-0.2, 0) is 4.74 Å². The average Bonchev–Trinajstić information content (AvgIpc) is 2.17. The highest BCUT2D eigenvalue weighted by Gasteiger charge is 2.02. The Morgan fingerprint density at radius 1 is 0.933 bits per heavy atom. The van der Waals surface area contributed by atoms with Crippen LogP contribution in [0.2, 0.25) is 0 Å². The molecule has 0 atom stereocenters. The fourth-order valence-corrected chi connectivity index (χ4v) is 1.15. The lowest BCUT2D eigenvalue weighted by molar-refractivity contribution is 0.0503. The minimum Gasteiger partial charge on any atom is -0.379 e. The molecule has 0 aliphatic carbocycles. The van der Waals surface area contributed by atoms with Crippen LogP contribution in [0.3, 0.4) is 0 Å². The molecular formula is C11H27Br2NO. The molecule has 96 valence electrons. The fraction of sp³-hybridized carbons (Fsp3) is 1.00. The molecule has 0 amide bonds. The molecule has 0 bridgehead atoms. The number of rotatable bonds is 3. The van der Waals surface area contributed by atoms with Crippen molar-refractivity contribution in [1.82, 2.24) is 4.90 Å². The van der Waals surface area contributed by atoms with Crippen LogP contribution < -0.4 is 0 Å². The van der Waals surface area contributed by atoms with Gasteiger partial charge in [0.25, 0.3) is 0 Å². The topological polar surface area (TPSA) is 12.5 Å². The lowest BCUT2D eigenvalue weighted by Crippen LogP contribution is -2.32. The number of nitrogens with zero attached hydrogens (tertiary/aromatic N) is 1. The molecule has 15 heavy (non-hydrogen) atoms. The molecule has 0 radical (unpaired) electrons. The van der Waals surface area contributed by atoms with Gasteiger partial charge in [-0.25, -0.2) is 0 Å². The van der Waals surface area contributed by atoms with Crippen molar-refractivity contribution in [3.8, 4) is 0 Å². The number of likely N-dealkylation sites (N-methyl/N-ethyl adjacent to an activating group) is 1. The van der Waals surface area contributed by atoms with Crippen molar-refractivity contribution < 1.29 is 4.74 Å². The predicted octanol–water partition coefficient (Wildman–Crippen LogP) is 3.69. The Labute approximate surface area is 116 Å². The average molecular weight is 349 g/mol. The molecule has 2 nitrogen and oxygen atoms in total. The Hall–Kier alpha value is 0.880. The van der Waals surface area contributed by atoms with Crippen molar-refractivity contribution >= 4 is 34.0 Å². The van der Waals surface area contributed by atoms with Crippen LogP contribution in [0.5, 0.6) is 0 Å². The summed E-state index contributed by atoms with van der Waals surface area (Å²) in [5, 5.41) is 0. The summed E-state index contributed by atoms with van der Waals surface area (Å²) in [5.41, 5.74) is 0. The normalized spacial score (nSPS) is 15.4. The molecule has 1 rings (SSSR count). The minimum atomic E-state index is 0. The first-order valence-corrected chi connectivity index (χ1v) is 5.57. The van der Waals surface area contributed by atoms with Gasteiger partial charge in [0, 0.05) is 13.1 Å². The van der Waals surface area contributed by atoms with E-state index in [4.69, 9.17) is 4.74 Å². The molecule has 0 spiro atoms. The Morgan fingerprint density at radius 2 is 1.33 bits per heavy atom. The van der Waals surface area contributed by atoms with E-state index < -0.39 is 0 Å². The molecule has 1 saturated heterocycles. The molecule has 0 aromatic carbocycles. The first-order chi connectivity index (χ1) is 6.31. The Kier molecular flexibility index (Phi) is 24.4. The quantitative estimate of drug-likeness (QED) is 0.721. The first kappa shape index (κ1) is 21.2. The second-order valence-electron chi connectivity index (χ2n) is 3.62. The van der Waals surface area contributed by atoms with Gasteiger partial charge in [-0.05, 0) is 7.05 Å². The number of halogens is 2. The molecule has 1 fully saturated rings. The van der Waals surface area contributed by atoms with Gasteiger partial charge in [-0.15, -0.1) is 34.0 Å². The Morgan fingerprint density at radius 3 is 1.53 bits per heavy atom. The Bertz CT molecular complexity index is 94.6. The SMILES string of the molecule is Br.Br.CCCCCC.CN1CCOCC1. The fourth-order valence-electron chi connectivity index (χ4n) is 1.15. The molecule has 1 heterocycles. The third-order valence-electron chi connectivity index (χ3n) is 2.19. The molecule has 0 aromatic rings. The van der Waals surface area contributed by atoms with Crippen LogP contribution in [0.25, 0.3) is 0 Å². The largest absolute Gasteiger partial charge is 0.379 e.